The second-order valence-electron chi connectivity index (χ2n) is 4.43. The molecule has 0 saturated heterocycles. The Hall–Kier alpha value is -0.720. The molecule has 0 aromatic heterocycles. The summed E-state index contributed by atoms with van der Waals surface area (Å²) >= 11 is 4.90. The van der Waals surface area contributed by atoms with Crippen molar-refractivity contribution in [2.75, 3.05) is 39.9 Å². The Morgan fingerprint density at radius 2 is 1.89 bits per heavy atom. The molecule has 0 aliphatic rings. The van der Waals surface area contributed by atoms with Gasteiger partial charge in [0.25, 0.3) is 0 Å². The highest BCUT2D eigenvalue weighted by atomic mass is 32.1. The van der Waals surface area contributed by atoms with Crippen LogP contribution in [0.1, 0.15) is 27.2 Å². The van der Waals surface area contributed by atoms with E-state index in [2.05, 4.69) is 4.90 Å². The molecule has 19 heavy (non-hydrogen) atoms. The maximum atomic E-state index is 12.3. The minimum absolute atomic E-state index is 0.143. The van der Waals surface area contributed by atoms with E-state index >= 15 is 0 Å². The van der Waals surface area contributed by atoms with Gasteiger partial charge in [0.05, 0.1) is 17.6 Å². The molecule has 1 atom stereocenters. The molecule has 0 aliphatic carbocycles. The average molecular weight is 289 g/mol. The summed E-state index contributed by atoms with van der Waals surface area (Å²) < 4.78 is 5.09. The first kappa shape index (κ1) is 18.3. The van der Waals surface area contributed by atoms with E-state index in [-0.39, 0.29) is 11.9 Å². The van der Waals surface area contributed by atoms with Crippen LogP contribution in [0.2, 0.25) is 0 Å². The van der Waals surface area contributed by atoms with Crippen LogP contribution in [0.25, 0.3) is 0 Å². The van der Waals surface area contributed by atoms with Gasteiger partial charge in [0.15, 0.2) is 0 Å². The minimum Gasteiger partial charge on any atom is -0.393 e. The van der Waals surface area contributed by atoms with E-state index in [9.17, 15) is 4.79 Å². The summed E-state index contributed by atoms with van der Waals surface area (Å²) in [7, 11) is 1.66. The molecule has 0 heterocycles. The smallest absolute Gasteiger partial charge is 0.239 e. The van der Waals surface area contributed by atoms with Gasteiger partial charge in [-0.2, -0.15) is 0 Å². The van der Waals surface area contributed by atoms with Crippen LogP contribution in [-0.2, 0) is 9.53 Å². The van der Waals surface area contributed by atoms with Gasteiger partial charge in [-0.25, -0.2) is 0 Å². The van der Waals surface area contributed by atoms with Crippen molar-refractivity contribution >= 4 is 23.1 Å². The lowest BCUT2D eigenvalue weighted by molar-refractivity contribution is -0.136. The highest BCUT2D eigenvalue weighted by molar-refractivity contribution is 7.80. The fourth-order valence-electron chi connectivity index (χ4n) is 1.92. The summed E-state index contributed by atoms with van der Waals surface area (Å²) in [5.74, 6) is 0.143. The molecule has 0 saturated carbocycles. The lowest BCUT2D eigenvalue weighted by Gasteiger charge is -2.31. The summed E-state index contributed by atoms with van der Waals surface area (Å²) in [4.78, 5) is 16.7. The molecule has 1 amide bonds. The van der Waals surface area contributed by atoms with E-state index in [0.29, 0.717) is 31.1 Å². The number of carbonyl (C=O) groups is 1. The van der Waals surface area contributed by atoms with Crippen molar-refractivity contribution < 1.29 is 9.53 Å². The number of hydrogen-bond donors (Lipinski definition) is 1. The molecule has 1 unspecified atom stereocenters. The molecule has 0 spiro atoms. The number of nitrogens with two attached hydrogens (primary N) is 1. The minimum atomic E-state index is -0.176. The van der Waals surface area contributed by atoms with Crippen molar-refractivity contribution in [2.45, 2.75) is 33.2 Å². The molecule has 6 heteroatoms. The van der Waals surface area contributed by atoms with E-state index in [1.807, 2.05) is 25.7 Å². The predicted molar refractivity (Wildman–Crippen MR) is 82.2 cm³/mol. The van der Waals surface area contributed by atoms with Gasteiger partial charge in [-0.3, -0.25) is 9.69 Å². The summed E-state index contributed by atoms with van der Waals surface area (Å²) in [5.41, 5.74) is 5.54. The predicted octanol–water partition coefficient (Wildman–Crippen LogP) is 0.868. The second kappa shape index (κ2) is 10.1. The lowest BCUT2D eigenvalue weighted by atomic mass is 10.2. The molecule has 2 N–H and O–H groups in total. The summed E-state index contributed by atoms with van der Waals surface area (Å²) in [6, 6.07) is -0.176. The quantitative estimate of drug-likeness (QED) is 0.605. The number of carbonyl (C=O) groups excluding carboxylic acids is 1. The van der Waals surface area contributed by atoms with Gasteiger partial charge in [0.2, 0.25) is 5.91 Å². The van der Waals surface area contributed by atoms with Gasteiger partial charge >= 0.3 is 0 Å². The van der Waals surface area contributed by atoms with Gasteiger partial charge in [0.1, 0.15) is 0 Å². The molecule has 0 rings (SSSR count). The molecule has 0 aromatic carbocycles. The largest absolute Gasteiger partial charge is 0.393 e. The highest BCUT2D eigenvalue weighted by Crippen LogP contribution is 2.05. The number of thiocarbonyl (C=S) groups is 1. The third-order valence-corrected chi connectivity index (χ3v) is 3.41. The van der Waals surface area contributed by atoms with Crippen LogP contribution < -0.4 is 5.73 Å². The van der Waals surface area contributed by atoms with Crippen molar-refractivity contribution in [1.82, 2.24) is 9.80 Å². The number of methoxy groups -OCH3 is 1. The molecule has 0 aliphatic heterocycles. The van der Waals surface area contributed by atoms with E-state index in [1.165, 1.54) is 0 Å². The van der Waals surface area contributed by atoms with E-state index in [4.69, 9.17) is 22.7 Å². The number of hydrogen-bond acceptors (Lipinski definition) is 4. The number of ether oxygens (including phenoxy) is 1. The number of amides is 1. The van der Waals surface area contributed by atoms with E-state index in [0.717, 1.165) is 13.1 Å². The maximum Gasteiger partial charge on any atom is 0.239 e. The number of likely N-dealkylation sites (N-methyl/N-ethyl adjacent to an activating group) is 1. The SMILES string of the molecule is CCN(CC)C(=O)C(C)N(CCOC)CCC(N)=S. The molecule has 0 fully saturated rings. The lowest BCUT2D eigenvalue weighted by Crippen LogP contribution is -2.48. The second-order valence-corrected chi connectivity index (χ2v) is 4.96. The van der Waals surface area contributed by atoms with Crippen LogP contribution in [0.5, 0.6) is 0 Å². The third-order valence-electron chi connectivity index (χ3n) is 3.21. The molecule has 112 valence electrons. The standard InChI is InChI=1S/C13H27N3O2S/c1-5-15(6-2)13(17)11(3)16(9-10-18-4)8-7-12(14)19/h11H,5-10H2,1-4H3,(H2,14,19). The molecule has 5 nitrogen and oxygen atoms in total. The zero-order valence-corrected chi connectivity index (χ0v) is 13.3. The summed E-state index contributed by atoms with van der Waals surface area (Å²) in [5, 5.41) is 0. The van der Waals surface area contributed by atoms with Gasteiger partial charge in [0, 0.05) is 39.7 Å². The van der Waals surface area contributed by atoms with Gasteiger partial charge < -0.3 is 15.4 Å². The van der Waals surface area contributed by atoms with E-state index < -0.39 is 0 Å². The van der Waals surface area contributed by atoms with Crippen LogP contribution in [0.3, 0.4) is 0 Å². The van der Waals surface area contributed by atoms with Crippen LogP contribution in [0.15, 0.2) is 0 Å². The zero-order chi connectivity index (χ0) is 14.8. The topological polar surface area (TPSA) is 58.8 Å². The van der Waals surface area contributed by atoms with Gasteiger partial charge in [-0.05, 0) is 20.8 Å². The summed E-state index contributed by atoms with van der Waals surface area (Å²) in [6.07, 6.45) is 0.620. The molecular formula is C13H27N3O2S. The normalized spacial score (nSPS) is 12.5. The molecular weight excluding hydrogens is 262 g/mol. The van der Waals surface area contributed by atoms with Crippen molar-refractivity contribution in [3.05, 3.63) is 0 Å². The number of nitrogens with zero attached hydrogens (tertiary/aromatic N) is 2. The Labute approximate surface area is 122 Å². The Morgan fingerprint density at radius 3 is 2.32 bits per heavy atom. The van der Waals surface area contributed by atoms with Crippen molar-refractivity contribution in [3.63, 3.8) is 0 Å². The zero-order valence-electron chi connectivity index (χ0n) is 12.5. The van der Waals surface area contributed by atoms with Gasteiger partial charge in [-0.15, -0.1) is 0 Å². The first-order chi connectivity index (χ1) is 8.97. The monoisotopic (exact) mass is 289 g/mol. The third kappa shape index (κ3) is 6.84. The average Bonchev–Trinajstić information content (AvgIpc) is 2.39. The number of rotatable bonds is 10. The van der Waals surface area contributed by atoms with Crippen LogP contribution in [0, 0.1) is 0 Å². The first-order valence-electron chi connectivity index (χ1n) is 6.77. The fourth-order valence-corrected chi connectivity index (χ4v) is 2.01. The fraction of sp³-hybridized carbons (Fsp3) is 0.846. The van der Waals surface area contributed by atoms with Crippen molar-refractivity contribution in [1.29, 1.82) is 0 Å². The first-order valence-corrected chi connectivity index (χ1v) is 7.18. The molecule has 0 aromatic rings. The van der Waals surface area contributed by atoms with Crippen molar-refractivity contribution in [2.24, 2.45) is 5.73 Å². The van der Waals surface area contributed by atoms with Crippen molar-refractivity contribution in [3.8, 4) is 0 Å². The van der Waals surface area contributed by atoms with Crippen LogP contribution in [-0.4, -0.2) is 66.6 Å². The summed E-state index contributed by atoms with van der Waals surface area (Å²) in [6.45, 7) is 9.34. The molecule has 0 bridgehead atoms. The van der Waals surface area contributed by atoms with Crippen LogP contribution in [0.4, 0.5) is 0 Å². The van der Waals surface area contributed by atoms with Gasteiger partial charge in [-0.1, -0.05) is 12.2 Å². The van der Waals surface area contributed by atoms with E-state index in [1.54, 1.807) is 7.11 Å². The highest BCUT2D eigenvalue weighted by Gasteiger charge is 2.24. The van der Waals surface area contributed by atoms with Crippen LogP contribution >= 0.6 is 12.2 Å². The molecule has 0 radical (unpaired) electrons. The Kier molecular flexibility index (Phi) is 9.73. The Bertz CT molecular complexity index is 283. The Balaban J connectivity index is 4.62. The Morgan fingerprint density at radius 1 is 1.32 bits per heavy atom. The maximum absolute atomic E-state index is 12.3.